The van der Waals surface area contributed by atoms with Gasteiger partial charge in [-0.1, -0.05) is 18.2 Å². The van der Waals surface area contributed by atoms with Crippen LogP contribution >= 0.6 is 11.3 Å². The average molecular weight is 316 g/mol. The highest BCUT2D eigenvalue weighted by atomic mass is 32.1. The van der Waals surface area contributed by atoms with Gasteiger partial charge in [-0.3, -0.25) is 9.69 Å². The second kappa shape index (κ2) is 6.54. The van der Waals surface area contributed by atoms with E-state index in [-0.39, 0.29) is 11.9 Å². The van der Waals surface area contributed by atoms with Crippen molar-refractivity contribution in [3.05, 3.63) is 40.3 Å². The van der Waals surface area contributed by atoms with Gasteiger partial charge < -0.3 is 4.90 Å². The number of carbonyl (C=O) groups is 1. The Balaban J connectivity index is 1.72. The smallest absolute Gasteiger partial charge is 0.244 e. The van der Waals surface area contributed by atoms with Gasteiger partial charge in [0.1, 0.15) is 10.0 Å². The highest BCUT2D eigenvalue weighted by Gasteiger charge is 2.32. The Morgan fingerprint density at radius 3 is 2.77 bits per heavy atom. The summed E-state index contributed by atoms with van der Waals surface area (Å²) >= 11 is 1.59. The van der Waals surface area contributed by atoms with Crippen molar-refractivity contribution in [3.63, 3.8) is 0 Å². The van der Waals surface area contributed by atoms with E-state index in [0.29, 0.717) is 6.54 Å². The molecule has 3 rings (SSSR count). The summed E-state index contributed by atoms with van der Waals surface area (Å²) in [5.74, 6) is 0.182. The molecule has 1 aromatic heterocycles. The van der Waals surface area contributed by atoms with Gasteiger partial charge in [0.25, 0.3) is 0 Å². The van der Waals surface area contributed by atoms with Crippen LogP contribution in [0.25, 0.3) is 0 Å². The first-order valence-electron chi connectivity index (χ1n) is 7.51. The van der Waals surface area contributed by atoms with Crippen LogP contribution in [0.2, 0.25) is 0 Å². The van der Waals surface area contributed by atoms with Crippen molar-refractivity contribution in [2.75, 3.05) is 18.5 Å². The van der Waals surface area contributed by atoms with E-state index in [1.807, 2.05) is 49.2 Å². The largest absolute Gasteiger partial charge is 0.311 e. The fourth-order valence-electron chi connectivity index (χ4n) is 2.85. The number of nitrogens with zero attached hydrogens (tertiary/aromatic N) is 4. The minimum atomic E-state index is -0.0850. The standard InChI is InChI=1S/C16H20N4OS/c1-12-17-18-15(22-12)11-19(2)14-9-6-10-20(16(14)21)13-7-4-3-5-8-13/h3-5,7-8,14H,6,9-11H2,1-2H3/t14-/m1/s1. The molecule has 0 aliphatic carbocycles. The van der Waals surface area contributed by atoms with Crippen molar-refractivity contribution in [1.82, 2.24) is 15.1 Å². The molecule has 0 N–H and O–H groups in total. The highest BCUT2D eigenvalue weighted by molar-refractivity contribution is 7.11. The summed E-state index contributed by atoms with van der Waals surface area (Å²) < 4.78 is 0. The van der Waals surface area contributed by atoms with Crippen molar-refractivity contribution in [2.24, 2.45) is 0 Å². The van der Waals surface area contributed by atoms with Gasteiger partial charge >= 0.3 is 0 Å². The van der Waals surface area contributed by atoms with E-state index in [1.54, 1.807) is 11.3 Å². The van der Waals surface area contributed by atoms with Gasteiger partial charge in [-0.25, -0.2) is 0 Å². The molecule has 2 heterocycles. The van der Waals surface area contributed by atoms with E-state index in [0.717, 1.165) is 35.1 Å². The molecule has 0 spiro atoms. The Hall–Kier alpha value is -1.79. The Bertz CT molecular complexity index is 643. The van der Waals surface area contributed by atoms with E-state index in [1.165, 1.54) is 0 Å². The predicted octanol–water partition coefficient (Wildman–Crippen LogP) is 2.47. The number of hydrogen-bond acceptors (Lipinski definition) is 5. The molecule has 1 fully saturated rings. The summed E-state index contributed by atoms with van der Waals surface area (Å²) in [4.78, 5) is 16.8. The molecule has 0 radical (unpaired) electrons. The zero-order valence-corrected chi connectivity index (χ0v) is 13.7. The van der Waals surface area contributed by atoms with Gasteiger partial charge in [0.05, 0.1) is 12.6 Å². The van der Waals surface area contributed by atoms with Gasteiger partial charge in [0.2, 0.25) is 5.91 Å². The fraction of sp³-hybridized carbons (Fsp3) is 0.438. The van der Waals surface area contributed by atoms with Crippen LogP contribution in [0.5, 0.6) is 0 Å². The van der Waals surface area contributed by atoms with Crippen molar-refractivity contribution >= 4 is 22.9 Å². The van der Waals surface area contributed by atoms with Gasteiger partial charge in [-0.05, 0) is 38.9 Å². The number of amides is 1. The molecular formula is C16H20N4OS. The maximum atomic E-state index is 12.8. The molecule has 1 saturated heterocycles. The number of anilines is 1. The van der Waals surface area contributed by atoms with E-state index in [9.17, 15) is 4.79 Å². The van der Waals surface area contributed by atoms with E-state index >= 15 is 0 Å². The number of piperidine rings is 1. The first kappa shape index (κ1) is 15.1. The van der Waals surface area contributed by atoms with Crippen molar-refractivity contribution < 1.29 is 4.79 Å². The first-order chi connectivity index (χ1) is 10.6. The minimum absolute atomic E-state index is 0.0850. The summed E-state index contributed by atoms with van der Waals surface area (Å²) in [5.41, 5.74) is 0.984. The monoisotopic (exact) mass is 316 g/mol. The second-order valence-electron chi connectivity index (χ2n) is 5.61. The molecule has 0 saturated carbocycles. The molecule has 1 atom stereocenters. The molecule has 1 aliphatic heterocycles. The summed E-state index contributed by atoms with van der Waals surface area (Å²) in [7, 11) is 1.99. The third-order valence-electron chi connectivity index (χ3n) is 3.96. The summed E-state index contributed by atoms with van der Waals surface area (Å²) in [6.45, 7) is 3.42. The number of benzene rings is 1. The van der Waals surface area contributed by atoms with Crippen molar-refractivity contribution in [2.45, 2.75) is 32.4 Å². The second-order valence-corrected chi connectivity index (χ2v) is 6.88. The van der Waals surface area contributed by atoms with E-state index in [4.69, 9.17) is 0 Å². The lowest BCUT2D eigenvalue weighted by molar-refractivity contribution is -0.125. The number of rotatable bonds is 4. The molecule has 116 valence electrons. The molecule has 0 unspecified atom stereocenters. The topological polar surface area (TPSA) is 49.3 Å². The summed E-state index contributed by atoms with van der Waals surface area (Å²) in [6, 6.07) is 9.82. The average Bonchev–Trinajstić information content (AvgIpc) is 2.93. The molecular weight excluding hydrogens is 296 g/mol. The maximum Gasteiger partial charge on any atom is 0.244 e. The van der Waals surface area contributed by atoms with Crippen LogP contribution in [0.3, 0.4) is 0 Å². The molecule has 1 aliphatic rings. The molecule has 1 aromatic carbocycles. The molecule has 5 nitrogen and oxygen atoms in total. The number of likely N-dealkylation sites (N-methyl/N-ethyl adjacent to an activating group) is 1. The number of hydrogen-bond donors (Lipinski definition) is 0. The Morgan fingerprint density at radius 1 is 1.32 bits per heavy atom. The lowest BCUT2D eigenvalue weighted by Crippen LogP contribution is -2.51. The van der Waals surface area contributed by atoms with Crippen LogP contribution in [0, 0.1) is 6.92 Å². The quantitative estimate of drug-likeness (QED) is 0.869. The molecule has 1 amide bonds. The SMILES string of the molecule is Cc1nnc(CN(C)[C@@H]2CCCN(c3ccccc3)C2=O)s1. The Kier molecular flexibility index (Phi) is 4.49. The minimum Gasteiger partial charge on any atom is -0.311 e. The van der Waals surface area contributed by atoms with Gasteiger partial charge in [-0.15, -0.1) is 21.5 Å². The van der Waals surface area contributed by atoms with Gasteiger partial charge in [0.15, 0.2) is 0 Å². The number of para-hydroxylation sites is 1. The van der Waals surface area contributed by atoms with Gasteiger partial charge in [0, 0.05) is 12.2 Å². The third-order valence-corrected chi connectivity index (χ3v) is 4.79. The van der Waals surface area contributed by atoms with Crippen LogP contribution < -0.4 is 4.90 Å². The first-order valence-corrected chi connectivity index (χ1v) is 8.32. The van der Waals surface area contributed by atoms with E-state index in [2.05, 4.69) is 15.1 Å². The summed E-state index contributed by atoms with van der Waals surface area (Å²) in [6.07, 6.45) is 1.92. The van der Waals surface area contributed by atoms with Crippen molar-refractivity contribution in [3.8, 4) is 0 Å². The zero-order valence-electron chi connectivity index (χ0n) is 12.9. The lowest BCUT2D eigenvalue weighted by Gasteiger charge is -2.36. The van der Waals surface area contributed by atoms with Crippen LogP contribution in [0.4, 0.5) is 5.69 Å². The maximum absolute atomic E-state index is 12.8. The van der Waals surface area contributed by atoms with Crippen LogP contribution in [0.1, 0.15) is 22.9 Å². The van der Waals surface area contributed by atoms with E-state index < -0.39 is 0 Å². The van der Waals surface area contributed by atoms with Gasteiger partial charge in [-0.2, -0.15) is 0 Å². The van der Waals surface area contributed by atoms with Crippen LogP contribution in [-0.2, 0) is 11.3 Å². The molecule has 0 bridgehead atoms. The number of aryl methyl sites for hydroxylation is 1. The highest BCUT2D eigenvalue weighted by Crippen LogP contribution is 2.24. The Labute approximate surface area is 134 Å². The Morgan fingerprint density at radius 2 is 2.09 bits per heavy atom. The third kappa shape index (κ3) is 3.18. The molecule has 2 aromatic rings. The van der Waals surface area contributed by atoms with Crippen molar-refractivity contribution in [1.29, 1.82) is 0 Å². The normalized spacial score (nSPS) is 19.0. The number of carbonyl (C=O) groups excluding carboxylic acids is 1. The zero-order chi connectivity index (χ0) is 15.5. The summed E-state index contributed by atoms with van der Waals surface area (Å²) in [5, 5.41) is 10.1. The lowest BCUT2D eigenvalue weighted by atomic mass is 10.0. The van der Waals surface area contributed by atoms with Crippen LogP contribution in [-0.4, -0.2) is 40.6 Å². The predicted molar refractivity (Wildman–Crippen MR) is 87.9 cm³/mol. The molecule has 6 heteroatoms. The fourth-order valence-corrected chi connectivity index (χ4v) is 3.63. The van der Waals surface area contributed by atoms with Crippen LogP contribution in [0.15, 0.2) is 30.3 Å². The number of aromatic nitrogens is 2. The molecule has 22 heavy (non-hydrogen) atoms.